The first-order valence-electron chi connectivity index (χ1n) is 9.37. The van der Waals surface area contributed by atoms with Gasteiger partial charge in [0.1, 0.15) is 0 Å². The van der Waals surface area contributed by atoms with Gasteiger partial charge in [-0.05, 0) is 35.6 Å². The first kappa shape index (κ1) is 22.2. The van der Waals surface area contributed by atoms with Crippen LogP contribution in [0.3, 0.4) is 0 Å². The molecule has 0 bridgehead atoms. The smallest absolute Gasteiger partial charge is 0.269 e. The number of nitro groups is 2. The molecule has 12 nitrogen and oxygen atoms in total. The van der Waals surface area contributed by atoms with Crippen LogP contribution in [0.5, 0.6) is 0 Å². The summed E-state index contributed by atoms with van der Waals surface area (Å²) in [5.41, 5.74) is -2.04. The van der Waals surface area contributed by atoms with Crippen molar-refractivity contribution >= 4 is 57.8 Å². The van der Waals surface area contributed by atoms with Crippen molar-refractivity contribution in [2.75, 3.05) is 0 Å². The molecule has 2 amide bonds. The number of nitrogens with zero attached hydrogens (tertiary/aromatic N) is 2. The van der Waals surface area contributed by atoms with Gasteiger partial charge in [0.05, 0.1) is 21.9 Å². The molecule has 0 aliphatic carbocycles. The number of rotatable bonds is 4. The van der Waals surface area contributed by atoms with Gasteiger partial charge >= 0.3 is 0 Å². The molecule has 2 aromatic rings. The Balaban J connectivity index is 1.96. The van der Waals surface area contributed by atoms with Crippen LogP contribution in [-0.4, -0.2) is 31.9 Å². The summed E-state index contributed by atoms with van der Waals surface area (Å²) in [6, 6.07) is 8.51. The van der Waals surface area contributed by atoms with E-state index in [0.717, 1.165) is 0 Å². The average molecular weight is 486 g/mol. The van der Waals surface area contributed by atoms with Crippen LogP contribution in [0, 0.1) is 25.6 Å². The average Bonchev–Trinajstić information content (AvgIpc) is 2.77. The standard InChI is InChI=1S/C19H14N6O6S2/c26-15-19(16(27)23-18(33)22-15)13(9-3-1-5-11(7-9)24(28)29)20-17(32)21-14(19)10-4-2-6-12(8-10)25(30)31/h1-8,13-14H,(H2,20,21,32)(H2,22,23,26,27,33)/t13-,14-/m1/s1. The first-order valence-corrected chi connectivity index (χ1v) is 10.2. The lowest BCUT2D eigenvalue weighted by Gasteiger charge is -2.49. The van der Waals surface area contributed by atoms with Crippen molar-refractivity contribution in [3.8, 4) is 0 Å². The van der Waals surface area contributed by atoms with Gasteiger partial charge in [-0.3, -0.25) is 29.8 Å². The van der Waals surface area contributed by atoms with E-state index in [1.165, 1.54) is 48.5 Å². The van der Waals surface area contributed by atoms with E-state index in [0.29, 0.717) is 0 Å². The third-order valence-corrected chi connectivity index (χ3v) is 5.94. The Morgan fingerprint density at radius 1 is 0.758 bits per heavy atom. The number of hydrogen-bond acceptors (Lipinski definition) is 8. The number of thiocarbonyl (C=S) groups is 2. The van der Waals surface area contributed by atoms with Crippen molar-refractivity contribution in [3.63, 3.8) is 0 Å². The highest BCUT2D eigenvalue weighted by atomic mass is 32.1. The second-order valence-corrected chi connectivity index (χ2v) is 8.11. The van der Waals surface area contributed by atoms with Crippen LogP contribution in [0.1, 0.15) is 23.2 Å². The molecular formula is C19H14N6O6S2. The van der Waals surface area contributed by atoms with E-state index in [1.807, 2.05) is 0 Å². The largest absolute Gasteiger partial charge is 0.354 e. The van der Waals surface area contributed by atoms with Crippen molar-refractivity contribution in [3.05, 3.63) is 79.9 Å². The fraction of sp³-hybridized carbons (Fsp3) is 0.158. The molecule has 1 spiro atoms. The van der Waals surface area contributed by atoms with Crippen LogP contribution >= 0.6 is 24.4 Å². The van der Waals surface area contributed by atoms with Gasteiger partial charge in [0.2, 0.25) is 11.8 Å². The topological polar surface area (TPSA) is 169 Å². The maximum atomic E-state index is 13.5. The van der Waals surface area contributed by atoms with E-state index in [2.05, 4.69) is 21.3 Å². The van der Waals surface area contributed by atoms with Gasteiger partial charge in [0.15, 0.2) is 15.6 Å². The van der Waals surface area contributed by atoms with E-state index in [4.69, 9.17) is 24.4 Å². The summed E-state index contributed by atoms with van der Waals surface area (Å²) >= 11 is 10.2. The molecule has 0 aromatic heterocycles. The van der Waals surface area contributed by atoms with Gasteiger partial charge in [-0.25, -0.2) is 0 Å². The van der Waals surface area contributed by atoms with Gasteiger partial charge in [-0.2, -0.15) is 0 Å². The fourth-order valence-corrected chi connectivity index (χ4v) is 4.52. The predicted octanol–water partition coefficient (Wildman–Crippen LogP) is 1.28. The summed E-state index contributed by atoms with van der Waals surface area (Å²) in [5.74, 6) is -1.60. The molecule has 4 rings (SSSR count). The van der Waals surface area contributed by atoms with Crippen molar-refractivity contribution in [2.24, 2.45) is 5.41 Å². The normalized spacial score (nSPS) is 21.5. The van der Waals surface area contributed by atoms with E-state index in [1.54, 1.807) is 0 Å². The molecule has 2 aromatic carbocycles. The molecule has 33 heavy (non-hydrogen) atoms. The second kappa shape index (κ2) is 8.14. The summed E-state index contributed by atoms with van der Waals surface area (Å²) in [4.78, 5) is 48.4. The number of nitrogens with one attached hydrogen (secondary N) is 4. The number of nitro benzene ring substituents is 2. The number of hydrogen-bond donors (Lipinski definition) is 4. The summed E-state index contributed by atoms with van der Waals surface area (Å²) in [6.07, 6.45) is 0. The van der Waals surface area contributed by atoms with E-state index < -0.39 is 39.2 Å². The van der Waals surface area contributed by atoms with Crippen molar-refractivity contribution in [2.45, 2.75) is 12.1 Å². The van der Waals surface area contributed by atoms with Crippen LogP contribution in [0.15, 0.2) is 48.5 Å². The predicted molar refractivity (Wildman–Crippen MR) is 122 cm³/mol. The number of carbonyl (C=O) groups is 2. The van der Waals surface area contributed by atoms with Crippen LogP contribution < -0.4 is 21.3 Å². The SMILES string of the molecule is O=C1NC(=S)NC(=O)C12[C@@H](c1cccc([N+](=O)[O-])c1)NC(=S)N[C@@H]2c1cccc([N+](=O)[O-])c1. The Morgan fingerprint density at radius 2 is 1.18 bits per heavy atom. The van der Waals surface area contributed by atoms with Crippen molar-refractivity contribution in [1.29, 1.82) is 0 Å². The second-order valence-electron chi connectivity index (χ2n) is 7.29. The lowest BCUT2D eigenvalue weighted by Crippen LogP contribution is -2.73. The minimum atomic E-state index is -2.00. The maximum Gasteiger partial charge on any atom is 0.269 e. The third kappa shape index (κ3) is 3.64. The molecule has 2 aliphatic rings. The third-order valence-electron chi connectivity index (χ3n) is 5.50. The molecule has 2 atom stereocenters. The highest BCUT2D eigenvalue weighted by Crippen LogP contribution is 2.49. The zero-order valence-electron chi connectivity index (χ0n) is 16.4. The molecule has 2 heterocycles. The Labute approximate surface area is 196 Å². The molecule has 0 radical (unpaired) electrons. The fourth-order valence-electron chi connectivity index (χ4n) is 4.10. The molecule has 4 N–H and O–H groups in total. The van der Waals surface area contributed by atoms with E-state index in [9.17, 15) is 29.8 Å². The zero-order valence-corrected chi connectivity index (χ0v) is 18.1. The lowest BCUT2D eigenvalue weighted by molar-refractivity contribution is -0.385. The van der Waals surface area contributed by atoms with Crippen molar-refractivity contribution in [1.82, 2.24) is 21.3 Å². The summed E-state index contributed by atoms with van der Waals surface area (Å²) in [5, 5.41) is 33.1. The lowest BCUT2D eigenvalue weighted by atomic mass is 9.65. The molecule has 168 valence electrons. The van der Waals surface area contributed by atoms with Crippen LogP contribution in [-0.2, 0) is 9.59 Å². The number of benzene rings is 2. The van der Waals surface area contributed by atoms with E-state index >= 15 is 0 Å². The number of non-ortho nitro benzene ring substituents is 2. The maximum absolute atomic E-state index is 13.5. The zero-order chi connectivity index (χ0) is 23.9. The van der Waals surface area contributed by atoms with Gasteiger partial charge in [-0.1, -0.05) is 24.3 Å². The number of amides is 2. The monoisotopic (exact) mass is 486 g/mol. The summed E-state index contributed by atoms with van der Waals surface area (Å²) in [6.45, 7) is 0. The van der Waals surface area contributed by atoms with Crippen molar-refractivity contribution < 1.29 is 19.4 Å². The molecule has 2 saturated heterocycles. The Kier molecular flexibility index (Phi) is 5.47. The van der Waals surface area contributed by atoms with Gasteiger partial charge < -0.3 is 21.3 Å². The summed E-state index contributed by atoms with van der Waals surface area (Å²) in [7, 11) is 0. The van der Waals surface area contributed by atoms with Gasteiger partial charge in [0.25, 0.3) is 11.4 Å². The Bertz CT molecular complexity index is 1160. The molecule has 2 fully saturated rings. The van der Waals surface area contributed by atoms with E-state index in [-0.39, 0.29) is 32.7 Å². The minimum Gasteiger partial charge on any atom is -0.354 e. The molecule has 14 heteroatoms. The van der Waals surface area contributed by atoms with Gasteiger partial charge in [-0.15, -0.1) is 0 Å². The number of carbonyl (C=O) groups excluding carboxylic acids is 2. The highest BCUT2D eigenvalue weighted by Gasteiger charge is 2.63. The molecule has 2 aliphatic heterocycles. The molecule has 0 saturated carbocycles. The Morgan fingerprint density at radius 3 is 1.58 bits per heavy atom. The first-order chi connectivity index (χ1) is 15.6. The quantitative estimate of drug-likeness (QED) is 0.214. The Hall–Kier alpha value is -4.04. The van der Waals surface area contributed by atoms with Gasteiger partial charge in [0, 0.05) is 24.3 Å². The highest BCUT2D eigenvalue weighted by molar-refractivity contribution is 7.80. The minimum absolute atomic E-state index is 0.0439. The summed E-state index contributed by atoms with van der Waals surface area (Å²) < 4.78 is 0. The molecule has 0 unspecified atom stereocenters. The van der Waals surface area contributed by atoms with Crippen LogP contribution in [0.4, 0.5) is 11.4 Å². The molecular weight excluding hydrogens is 472 g/mol. The van der Waals surface area contributed by atoms with Crippen LogP contribution in [0.2, 0.25) is 0 Å². The van der Waals surface area contributed by atoms with Crippen LogP contribution in [0.25, 0.3) is 0 Å².